The second-order valence-electron chi connectivity index (χ2n) is 6.17. The predicted molar refractivity (Wildman–Crippen MR) is 93.1 cm³/mol. The highest BCUT2D eigenvalue weighted by molar-refractivity contribution is 5.96. The van der Waals surface area contributed by atoms with Crippen molar-refractivity contribution in [2.45, 2.75) is 6.92 Å². The second-order valence-corrected chi connectivity index (χ2v) is 6.17. The molecule has 4 heterocycles. The van der Waals surface area contributed by atoms with Crippen molar-refractivity contribution in [3.8, 4) is 0 Å². The Morgan fingerprint density at radius 1 is 1.04 bits per heavy atom. The highest BCUT2D eigenvalue weighted by Gasteiger charge is 2.28. The number of hydrogen-bond donors (Lipinski definition) is 0. The summed E-state index contributed by atoms with van der Waals surface area (Å²) < 4.78 is 10.9. The van der Waals surface area contributed by atoms with Gasteiger partial charge in [0.25, 0.3) is 0 Å². The van der Waals surface area contributed by atoms with Crippen LogP contribution in [0.2, 0.25) is 0 Å². The van der Waals surface area contributed by atoms with Crippen LogP contribution in [0.25, 0.3) is 0 Å². The second kappa shape index (κ2) is 6.72. The first-order valence-electron chi connectivity index (χ1n) is 8.48. The zero-order valence-corrected chi connectivity index (χ0v) is 14.2. The van der Waals surface area contributed by atoms with Crippen molar-refractivity contribution >= 4 is 23.6 Å². The number of piperazine rings is 1. The number of carbonyl (C=O) groups excluding carboxylic acids is 1. The molecule has 0 N–H and O–H groups in total. The molecule has 0 aliphatic carbocycles. The standard InChI is InChI=1S/C17H21N5O3/c1-13-2-3-16(25-13)22-7-6-21(12-15(22)23)14-4-5-18-17(19-14)20-8-10-24-11-9-20/h2-5H,6-12H2,1H3. The van der Waals surface area contributed by atoms with Crippen LogP contribution in [0.5, 0.6) is 0 Å². The first-order chi connectivity index (χ1) is 12.2. The van der Waals surface area contributed by atoms with E-state index >= 15 is 0 Å². The molecule has 2 aliphatic heterocycles. The number of amides is 1. The Bertz CT molecular complexity index is 756. The summed E-state index contributed by atoms with van der Waals surface area (Å²) in [5.41, 5.74) is 0. The first-order valence-corrected chi connectivity index (χ1v) is 8.48. The minimum atomic E-state index is 0.00661. The molecule has 0 bridgehead atoms. The Hall–Kier alpha value is -2.61. The Morgan fingerprint density at radius 2 is 1.88 bits per heavy atom. The zero-order chi connectivity index (χ0) is 17.2. The van der Waals surface area contributed by atoms with Crippen LogP contribution < -0.4 is 14.7 Å². The van der Waals surface area contributed by atoms with Gasteiger partial charge in [-0.1, -0.05) is 0 Å². The Labute approximate surface area is 146 Å². The van der Waals surface area contributed by atoms with E-state index in [-0.39, 0.29) is 12.5 Å². The third kappa shape index (κ3) is 3.30. The van der Waals surface area contributed by atoms with Gasteiger partial charge in [-0.15, -0.1) is 0 Å². The van der Waals surface area contributed by atoms with Crippen LogP contribution in [0.15, 0.2) is 28.8 Å². The third-order valence-corrected chi connectivity index (χ3v) is 4.46. The van der Waals surface area contributed by atoms with Gasteiger partial charge in [0.05, 0.1) is 19.8 Å². The fourth-order valence-corrected chi connectivity index (χ4v) is 3.10. The normalized spacial score (nSPS) is 18.8. The first kappa shape index (κ1) is 15.9. The van der Waals surface area contributed by atoms with Gasteiger partial charge in [0.2, 0.25) is 17.7 Å². The molecule has 0 saturated carbocycles. The van der Waals surface area contributed by atoms with E-state index in [1.54, 1.807) is 11.1 Å². The van der Waals surface area contributed by atoms with E-state index in [1.807, 2.05) is 30.0 Å². The van der Waals surface area contributed by atoms with Gasteiger partial charge >= 0.3 is 0 Å². The smallest absolute Gasteiger partial charge is 0.248 e. The van der Waals surface area contributed by atoms with Gasteiger partial charge in [-0.3, -0.25) is 9.69 Å². The lowest BCUT2D eigenvalue weighted by Gasteiger charge is -2.34. The summed E-state index contributed by atoms with van der Waals surface area (Å²) in [5.74, 6) is 2.89. The highest BCUT2D eigenvalue weighted by atomic mass is 16.5. The number of aryl methyl sites for hydroxylation is 1. The van der Waals surface area contributed by atoms with E-state index in [9.17, 15) is 4.79 Å². The topological polar surface area (TPSA) is 74.9 Å². The van der Waals surface area contributed by atoms with Crippen molar-refractivity contribution in [3.05, 3.63) is 30.2 Å². The highest BCUT2D eigenvalue weighted by Crippen LogP contribution is 2.23. The number of morpholine rings is 1. The molecule has 25 heavy (non-hydrogen) atoms. The maximum absolute atomic E-state index is 12.5. The van der Waals surface area contributed by atoms with Gasteiger partial charge in [-0.05, 0) is 19.1 Å². The maximum atomic E-state index is 12.5. The lowest BCUT2D eigenvalue weighted by molar-refractivity contribution is -0.118. The van der Waals surface area contributed by atoms with Crippen LogP contribution in [-0.4, -0.2) is 61.8 Å². The van der Waals surface area contributed by atoms with E-state index in [2.05, 4.69) is 14.9 Å². The zero-order valence-electron chi connectivity index (χ0n) is 14.2. The quantitative estimate of drug-likeness (QED) is 0.825. The Morgan fingerprint density at radius 3 is 2.60 bits per heavy atom. The predicted octanol–water partition coefficient (Wildman–Crippen LogP) is 1.07. The Kier molecular flexibility index (Phi) is 4.27. The van der Waals surface area contributed by atoms with E-state index in [4.69, 9.17) is 9.15 Å². The van der Waals surface area contributed by atoms with Crippen LogP contribution in [0, 0.1) is 6.92 Å². The van der Waals surface area contributed by atoms with Crippen molar-refractivity contribution in [3.63, 3.8) is 0 Å². The lowest BCUT2D eigenvalue weighted by Crippen LogP contribution is -2.51. The molecular weight excluding hydrogens is 322 g/mol. The molecule has 0 spiro atoms. The summed E-state index contributed by atoms with van der Waals surface area (Å²) in [7, 11) is 0. The fraction of sp³-hybridized carbons (Fsp3) is 0.471. The molecule has 2 aromatic heterocycles. The van der Waals surface area contributed by atoms with Crippen molar-refractivity contribution < 1.29 is 13.9 Å². The van der Waals surface area contributed by atoms with E-state index in [1.165, 1.54) is 0 Å². The molecule has 4 rings (SSSR count). The molecule has 1 amide bonds. The van der Waals surface area contributed by atoms with Crippen molar-refractivity contribution in [1.82, 2.24) is 9.97 Å². The number of nitrogens with zero attached hydrogens (tertiary/aromatic N) is 5. The third-order valence-electron chi connectivity index (χ3n) is 4.46. The minimum absolute atomic E-state index is 0.00661. The van der Waals surface area contributed by atoms with Gasteiger partial charge in [-0.25, -0.2) is 4.98 Å². The van der Waals surface area contributed by atoms with Gasteiger partial charge in [0, 0.05) is 38.4 Å². The summed E-state index contributed by atoms with van der Waals surface area (Å²) >= 11 is 0. The van der Waals surface area contributed by atoms with Crippen molar-refractivity contribution in [1.29, 1.82) is 0 Å². The molecule has 8 heteroatoms. The van der Waals surface area contributed by atoms with E-state index in [0.717, 1.165) is 24.7 Å². The number of aromatic nitrogens is 2. The minimum Gasteiger partial charge on any atom is -0.445 e. The number of rotatable bonds is 3. The van der Waals surface area contributed by atoms with Gasteiger partial charge in [-0.2, -0.15) is 4.98 Å². The van der Waals surface area contributed by atoms with E-state index < -0.39 is 0 Å². The van der Waals surface area contributed by atoms with Crippen LogP contribution in [-0.2, 0) is 9.53 Å². The molecule has 0 unspecified atom stereocenters. The van der Waals surface area contributed by atoms with Gasteiger partial charge in [0.1, 0.15) is 11.6 Å². The van der Waals surface area contributed by atoms with Crippen LogP contribution in [0.4, 0.5) is 17.7 Å². The number of hydrogen-bond acceptors (Lipinski definition) is 7. The summed E-state index contributed by atoms with van der Waals surface area (Å²) in [6.45, 7) is 6.37. The van der Waals surface area contributed by atoms with Gasteiger partial charge < -0.3 is 19.0 Å². The van der Waals surface area contributed by atoms with Crippen LogP contribution in [0.1, 0.15) is 5.76 Å². The summed E-state index contributed by atoms with van der Waals surface area (Å²) in [4.78, 5) is 27.3. The largest absolute Gasteiger partial charge is 0.445 e. The molecule has 2 saturated heterocycles. The van der Waals surface area contributed by atoms with Crippen molar-refractivity contribution in [2.24, 2.45) is 0 Å². The molecule has 2 fully saturated rings. The number of furan rings is 1. The van der Waals surface area contributed by atoms with Crippen LogP contribution in [0.3, 0.4) is 0 Å². The summed E-state index contributed by atoms with van der Waals surface area (Å²) in [6.07, 6.45) is 1.75. The molecular formula is C17H21N5O3. The Balaban J connectivity index is 1.47. The average Bonchev–Trinajstić information content (AvgIpc) is 3.08. The monoisotopic (exact) mass is 343 g/mol. The van der Waals surface area contributed by atoms with Crippen LogP contribution >= 0.6 is 0 Å². The SMILES string of the molecule is Cc1ccc(N2CCN(c3ccnc(N4CCOCC4)n3)CC2=O)o1. The van der Waals surface area contributed by atoms with E-state index in [0.29, 0.717) is 38.1 Å². The lowest BCUT2D eigenvalue weighted by atomic mass is 10.3. The molecule has 132 valence electrons. The molecule has 0 aromatic carbocycles. The average molecular weight is 343 g/mol. The molecule has 0 atom stereocenters. The summed E-state index contributed by atoms with van der Waals surface area (Å²) in [5, 5.41) is 0. The molecule has 8 nitrogen and oxygen atoms in total. The van der Waals surface area contributed by atoms with Crippen molar-refractivity contribution in [2.75, 3.05) is 60.6 Å². The molecule has 2 aromatic rings. The molecule has 2 aliphatic rings. The number of carbonyl (C=O) groups is 1. The maximum Gasteiger partial charge on any atom is 0.248 e. The number of ether oxygens (including phenoxy) is 1. The fourth-order valence-electron chi connectivity index (χ4n) is 3.10. The summed E-state index contributed by atoms with van der Waals surface area (Å²) in [6, 6.07) is 5.56. The molecule has 0 radical (unpaired) electrons. The number of anilines is 3. The van der Waals surface area contributed by atoms with Gasteiger partial charge in [0.15, 0.2) is 0 Å².